The second kappa shape index (κ2) is 8.67. The van der Waals surface area contributed by atoms with Gasteiger partial charge in [0.1, 0.15) is 6.04 Å². The zero-order valence-corrected chi connectivity index (χ0v) is 20.0. The Morgan fingerprint density at radius 3 is 2.59 bits per heavy atom. The number of carbonyl (C=O) groups is 2. The highest BCUT2D eigenvalue weighted by Crippen LogP contribution is 2.43. The predicted molar refractivity (Wildman–Crippen MR) is 126 cm³/mol. The minimum absolute atomic E-state index is 0.0569. The number of pyridine rings is 1. The van der Waals surface area contributed by atoms with Gasteiger partial charge in [0.05, 0.1) is 18.1 Å². The molecule has 2 aliphatic carbocycles. The van der Waals surface area contributed by atoms with Gasteiger partial charge in [-0.25, -0.2) is 14.6 Å². The fourth-order valence-corrected chi connectivity index (χ4v) is 5.82. The average molecular weight is 469 g/mol. The lowest BCUT2D eigenvalue weighted by Crippen LogP contribution is -2.47. The van der Waals surface area contributed by atoms with Crippen molar-refractivity contribution in [2.45, 2.75) is 83.3 Å². The number of aromatic nitrogens is 3. The van der Waals surface area contributed by atoms with E-state index < -0.39 is 23.3 Å². The van der Waals surface area contributed by atoms with E-state index in [1.54, 1.807) is 11.0 Å². The summed E-state index contributed by atoms with van der Waals surface area (Å²) in [6, 6.07) is 0.990. The molecular formula is C25H32N4O5. The Bertz CT molecular complexity index is 1260. The number of aromatic amines is 1. The van der Waals surface area contributed by atoms with Crippen molar-refractivity contribution in [3.05, 3.63) is 38.2 Å². The van der Waals surface area contributed by atoms with Gasteiger partial charge in [0.25, 0.3) is 11.5 Å². The van der Waals surface area contributed by atoms with Crippen molar-refractivity contribution in [3.63, 3.8) is 0 Å². The molecule has 2 saturated carbocycles. The molecule has 0 bridgehead atoms. The van der Waals surface area contributed by atoms with E-state index in [0.717, 1.165) is 44.2 Å². The molecule has 3 unspecified atom stereocenters. The van der Waals surface area contributed by atoms with Crippen molar-refractivity contribution in [3.8, 4) is 0 Å². The fourth-order valence-electron chi connectivity index (χ4n) is 5.82. The minimum Gasteiger partial charge on any atom is -0.467 e. The van der Waals surface area contributed by atoms with Crippen LogP contribution in [0.3, 0.4) is 0 Å². The van der Waals surface area contributed by atoms with Gasteiger partial charge in [-0.05, 0) is 50.0 Å². The standard InChI is InChI=1S/C25H32N4O5/c1-13(2)12-28-21-20(22(30)27-25(28)33)16(11-17(26-21)14-8-9-14)23(31)29-18-7-5-4-6-15(18)10-19(29)24(32)34-3/h11,13-15,18-19H,4-10,12H2,1-3H3,(H,27,30,33). The summed E-state index contributed by atoms with van der Waals surface area (Å²) in [5, 5.41) is 0.123. The van der Waals surface area contributed by atoms with Crippen LogP contribution in [0, 0.1) is 11.8 Å². The Morgan fingerprint density at radius 2 is 1.91 bits per heavy atom. The van der Waals surface area contributed by atoms with Gasteiger partial charge in [0.15, 0.2) is 5.65 Å². The number of ether oxygens (including phenoxy) is 1. The van der Waals surface area contributed by atoms with Crippen molar-refractivity contribution >= 4 is 22.9 Å². The maximum Gasteiger partial charge on any atom is 0.330 e. The lowest BCUT2D eigenvalue weighted by atomic mass is 9.84. The van der Waals surface area contributed by atoms with E-state index in [1.165, 1.54) is 11.7 Å². The first-order valence-electron chi connectivity index (χ1n) is 12.4. The summed E-state index contributed by atoms with van der Waals surface area (Å²) in [5.74, 6) is -0.165. The van der Waals surface area contributed by atoms with Gasteiger partial charge in [0, 0.05) is 24.2 Å². The van der Waals surface area contributed by atoms with Crippen molar-refractivity contribution in [2.75, 3.05) is 7.11 Å². The lowest BCUT2D eigenvalue weighted by molar-refractivity contribution is -0.145. The number of likely N-dealkylation sites (tertiary alicyclic amines) is 1. The largest absolute Gasteiger partial charge is 0.467 e. The number of nitrogens with zero attached hydrogens (tertiary/aromatic N) is 3. The lowest BCUT2D eigenvalue weighted by Gasteiger charge is -2.33. The molecule has 1 amide bonds. The number of methoxy groups -OCH3 is 1. The van der Waals surface area contributed by atoms with Crippen molar-refractivity contribution < 1.29 is 14.3 Å². The Morgan fingerprint density at radius 1 is 1.18 bits per heavy atom. The topological polar surface area (TPSA) is 114 Å². The number of hydrogen-bond donors (Lipinski definition) is 1. The minimum atomic E-state index is -0.668. The monoisotopic (exact) mass is 468 g/mol. The molecule has 3 atom stereocenters. The molecule has 182 valence electrons. The molecule has 1 saturated heterocycles. The van der Waals surface area contributed by atoms with Crippen LogP contribution < -0.4 is 11.2 Å². The molecule has 3 aliphatic rings. The average Bonchev–Trinajstić information content (AvgIpc) is 3.59. The number of fused-ring (bicyclic) bond motifs is 2. The summed E-state index contributed by atoms with van der Waals surface area (Å²) >= 11 is 0. The summed E-state index contributed by atoms with van der Waals surface area (Å²) in [4.78, 5) is 61.4. The molecule has 2 aromatic rings. The van der Waals surface area contributed by atoms with E-state index in [4.69, 9.17) is 9.72 Å². The van der Waals surface area contributed by atoms with Gasteiger partial charge in [-0.1, -0.05) is 26.7 Å². The van der Waals surface area contributed by atoms with E-state index in [-0.39, 0.29) is 46.3 Å². The Labute approximate surface area is 197 Å². The first-order chi connectivity index (χ1) is 16.3. The number of nitrogens with one attached hydrogen (secondary N) is 1. The summed E-state index contributed by atoms with van der Waals surface area (Å²) in [6.45, 7) is 4.34. The van der Waals surface area contributed by atoms with Gasteiger partial charge < -0.3 is 9.64 Å². The second-order valence-corrected chi connectivity index (χ2v) is 10.4. The van der Waals surface area contributed by atoms with Gasteiger partial charge in [-0.3, -0.25) is 19.1 Å². The quantitative estimate of drug-likeness (QED) is 0.675. The molecule has 3 heterocycles. The SMILES string of the molecule is COC(=O)C1CC2CCCCC2N1C(=O)c1cc(C2CC2)nc2c1c(=O)[nH]c(=O)n2CC(C)C. The van der Waals surface area contributed by atoms with E-state index in [2.05, 4.69) is 4.98 Å². The number of carbonyl (C=O) groups excluding carboxylic acids is 2. The molecule has 1 aliphatic heterocycles. The third-order valence-electron chi connectivity index (χ3n) is 7.54. The zero-order chi connectivity index (χ0) is 24.1. The summed E-state index contributed by atoms with van der Waals surface area (Å²) in [7, 11) is 1.34. The summed E-state index contributed by atoms with van der Waals surface area (Å²) in [5.41, 5.74) is 0.0700. The molecule has 0 radical (unpaired) electrons. The first kappa shape index (κ1) is 22.8. The molecule has 2 aromatic heterocycles. The zero-order valence-electron chi connectivity index (χ0n) is 20.0. The van der Waals surface area contributed by atoms with Crippen molar-refractivity contribution in [1.82, 2.24) is 19.4 Å². The molecule has 1 N–H and O–H groups in total. The van der Waals surface area contributed by atoms with E-state index in [1.807, 2.05) is 13.8 Å². The molecule has 9 heteroatoms. The molecular weight excluding hydrogens is 436 g/mol. The van der Waals surface area contributed by atoms with E-state index >= 15 is 0 Å². The molecule has 0 aromatic carbocycles. The van der Waals surface area contributed by atoms with Crippen LogP contribution in [0.4, 0.5) is 0 Å². The van der Waals surface area contributed by atoms with Crippen molar-refractivity contribution in [2.24, 2.45) is 11.8 Å². The molecule has 34 heavy (non-hydrogen) atoms. The second-order valence-electron chi connectivity index (χ2n) is 10.4. The van der Waals surface area contributed by atoms with Crippen LogP contribution in [0.1, 0.15) is 80.8 Å². The first-order valence-corrected chi connectivity index (χ1v) is 12.4. The highest BCUT2D eigenvalue weighted by molar-refractivity contribution is 6.07. The van der Waals surface area contributed by atoms with Crippen LogP contribution in [0.2, 0.25) is 0 Å². The van der Waals surface area contributed by atoms with Crippen LogP contribution in [0.25, 0.3) is 11.0 Å². The van der Waals surface area contributed by atoms with E-state index in [9.17, 15) is 19.2 Å². The Kier molecular flexibility index (Phi) is 5.81. The molecule has 9 nitrogen and oxygen atoms in total. The number of rotatable bonds is 5. The number of amides is 1. The molecule has 3 fully saturated rings. The maximum atomic E-state index is 14.2. The number of H-pyrrole nitrogens is 1. The van der Waals surface area contributed by atoms with Gasteiger partial charge in [-0.15, -0.1) is 0 Å². The van der Waals surface area contributed by atoms with Crippen LogP contribution in [-0.2, 0) is 16.1 Å². The van der Waals surface area contributed by atoms with Crippen molar-refractivity contribution in [1.29, 1.82) is 0 Å². The van der Waals surface area contributed by atoms with E-state index in [0.29, 0.717) is 13.0 Å². The van der Waals surface area contributed by atoms with Gasteiger partial charge >= 0.3 is 11.7 Å². The Balaban J connectivity index is 1.70. The van der Waals surface area contributed by atoms with Gasteiger partial charge in [-0.2, -0.15) is 0 Å². The molecule has 0 spiro atoms. The fraction of sp³-hybridized carbons (Fsp3) is 0.640. The predicted octanol–water partition coefficient (Wildman–Crippen LogP) is 2.56. The highest BCUT2D eigenvalue weighted by Gasteiger charge is 2.48. The number of esters is 1. The van der Waals surface area contributed by atoms with Gasteiger partial charge in [0.2, 0.25) is 0 Å². The third-order valence-corrected chi connectivity index (χ3v) is 7.54. The maximum absolute atomic E-state index is 14.2. The highest BCUT2D eigenvalue weighted by atomic mass is 16.5. The number of hydrogen-bond acceptors (Lipinski definition) is 6. The van der Waals surface area contributed by atoms with Crippen LogP contribution >= 0.6 is 0 Å². The summed E-state index contributed by atoms with van der Waals surface area (Å²) < 4.78 is 6.53. The van der Waals surface area contributed by atoms with Crippen LogP contribution in [-0.4, -0.2) is 50.5 Å². The Hall–Kier alpha value is -2.97. The third kappa shape index (κ3) is 3.84. The smallest absolute Gasteiger partial charge is 0.330 e. The molecule has 5 rings (SSSR count). The normalized spacial score (nSPS) is 24.5. The van der Waals surface area contributed by atoms with Crippen LogP contribution in [0.5, 0.6) is 0 Å². The van der Waals surface area contributed by atoms with Crippen LogP contribution in [0.15, 0.2) is 15.7 Å². The summed E-state index contributed by atoms with van der Waals surface area (Å²) in [6.07, 6.45) is 6.39.